The molecule has 3 rings (SSSR count). The van der Waals surface area contributed by atoms with E-state index >= 15 is 0 Å². The Hall–Kier alpha value is -3.18. The lowest BCUT2D eigenvalue weighted by atomic mass is 10.0. The smallest absolute Gasteiger partial charge is 0.262 e. The SMILES string of the molecule is CC(C)C(NC(=O)c1ccc(Cl)cc1)C(=O)NN=Cc1cccc2ccccc12. The van der Waals surface area contributed by atoms with Gasteiger partial charge in [-0.15, -0.1) is 0 Å². The van der Waals surface area contributed by atoms with E-state index in [9.17, 15) is 9.59 Å². The van der Waals surface area contributed by atoms with E-state index in [-0.39, 0.29) is 17.7 Å². The van der Waals surface area contributed by atoms with Crippen molar-refractivity contribution in [2.24, 2.45) is 11.0 Å². The fourth-order valence-corrected chi connectivity index (χ4v) is 3.08. The van der Waals surface area contributed by atoms with Crippen molar-refractivity contribution in [3.8, 4) is 0 Å². The molecule has 0 bridgehead atoms. The predicted octanol–water partition coefficient (Wildman–Crippen LogP) is 4.40. The third kappa shape index (κ3) is 5.21. The number of carbonyl (C=O) groups excluding carboxylic acids is 2. The van der Waals surface area contributed by atoms with Crippen LogP contribution in [0.5, 0.6) is 0 Å². The molecule has 3 aromatic rings. The number of nitrogens with one attached hydrogen (secondary N) is 2. The maximum Gasteiger partial charge on any atom is 0.262 e. The van der Waals surface area contributed by atoms with Gasteiger partial charge in [0.05, 0.1) is 6.21 Å². The van der Waals surface area contributed by atoms with Gasteiger partial charge >= 0.3 is 0 Å². The Morgan fingerprint density at radius 3 is 2.38 bits per heavy atom. The highest BCUT2D eigenvalue weighted by molar-refractivity contribution is 6.30. The summed E-state index contributed by atoms with van der Waals surface area (Å²) in [6, 6.07) is 19.6. The van der Waals surface area contributed by atoms with Crippen molar-refractivity contribution >= 4 is 40.4 Å². The van der Waals surface area contributed by atoms with Gasteiger partial charge in [-0.3, -0.25) is 9.59 Å². The van der Waals surface area contributed by atoms with Crippen molar-refractivity contribution in [2.45, 2.75) is 19.9 Å². The van der Waals surface area contributed by atoms with Crippen LogP contribution in [-0.4, -0.2) is 24.1 Å². The summed E-state index contributed by atoms with van der Waals surface area (Å²) in [4.78, 5) is 25.0. The van der Waals surface area contributed by atoms with Crippen LogP contribution >= 0.6 is 11.6 Å². The molecular formula is C23H22ClN3O2. The first-order chi connectivity index (χ1) is 14.0. The van der Waals surface area contributed by atoms with Crippen LogP contribution in [0.2, 0.25) is 5.02 Å². The molecule has 0 fully saturated rings. The number of nitrogens with zero attached hydrogens (tertiary/aromatic N) is 1. The summed E-state index contributed by atoms with van der Waals surface area (Å²) in [5, 5.41) is 9.54. The van der Waals surface area contributed by atoms with Crippen LogP contribution in [0.3, 0.4) is 0 Å². The first-order valence-electron chi connectivity index (χ1n) is 9.33. The lowest BCUT2D eigenvalue weighted by molar-refractivity contribution is -0.123. The molecule has 0 saturated heterocycles. The highest BCUT2D eigenvalue weighted by Gasteiger charge is 2.24. The summed E-state index contributed by atoms with van der Waals surface area (Å²) in [6.45, 7) is 3.72. The molecule has 0 saturated carbocycles. The van der Waals surface area contributed by atoms with Gasteiger partial charge in [-0.2, -0.15) is 5.10 Å². The van der Waals surface area contributed by atoms with Crippen LogP contribution in [0, 0.1) is 5.92 Å². The van der Waals surface area contributed by atoms with Gasteiger partial charge in [0.15, 0.2) is 0 Å². The van der Waals surface area contributed by atoms with Crippen LogP contribution in [0.4, 0.5) is 0 Å². The molecule has 1 atom stereocenters. The number of carbonyl (C=O) groups is 2. The van der Waals surface area contributed by atoms with E-state index in [1.165, 1.54) is 0 Å². The highest BCUT2D eigenvalue weighted by atomic mass is 35.5. The van der Waals surface area contributed by atoms with E-state index in [0.29, 0.717) is 10.6 Å². The molecule has 0 radical (unpaired) electrons. The number of rotatable bonds is 6. The predicted molar refractivity (Wildman–Crippen MR) is 117 cm³/mol. The second-order valence-corrected chi connectivity index (χ2v) is 7.44. The van der Waals surface area contributed by atoms with Crippen LogP contribution in [-0.2, 0) is 4.79 Å². The molecule has 0 spiro atoms. The molecule has 0 aliphatic rings. The Labute approximate surface area is 174 Å². The number of benzene rings is 3. The molecule has 2 amide bonds. The van der Waals surface area contributed by atoms with E-state index in [4.69, 9.17) is 11.6 Å². The second kappa shape index (κ2) is 9.34. The first kappa shape index (κ1) is 20.6. The number of amides is 2. The minimum atomic E-state index is -0.720. The van der Waals surface area contributed by atoms with Gasteiger partial charge in [0, 0.05) is 16.1 Å². The summed E-state index contributed by atoms with van der Waals surface area (Å²) in [5.41, 5.74) is 3.87. The first-order valence-corrected chi connectivity index (χ1v) is 9.70. The van der Waals surface area contributed by atoms with E-state index in [0.717, 1.165) is 16.3 Å². The van der Waals surface area contributed by atoms with Crippen molar-refractivity contribution in [3.63, 3.8) is 0 Å². The Bertz CT molecular complexity index is 1040. The molecule has 5 nitrogen and oxygen atoms in total. The van der Waals surface area contributed by atoms with Gasteiger partial charge in [-0.25, -0.2) is 5.43 Å². The largest absolute Gasteiger partial charge is 0.340 e. The zero-order valence-corrected chi connectivity index (χ0v) is 17.0. The number of hydrogen-bond donors (Lipinski definition) is 2. The van der Waals surface area contributed by atoms with E-state index in [1.54, 1.807) is 30.5 Å². The molecule has 1 unspecified atom stereocenters. The van der Waals surface area contributed by atoms with Crippen molar-refractivity contribution < 1.29 is 9.59 Å². The zero-order valence-electron chi connectivity index (χ0n) is 16.2. The third-order valence-electron chi connectivity index (χ3n) is 4.54. The lowest BCUT2D eigenvalue weighted by Gasteiger charge is -2.20. The molecule has 3 aromatic carbocycles. The summed E-state index contributed by atoms with van der Waals surface area (Å²) in [7, 11) is 0. The zero-order chi connectivity index (χ0) is 20.8. The number of halogens is 1. The Kier molecular flexibility index (Phi) is 6.62. The van der Waals surface area contributed by atoms with Crippen LogP contribution in [0.15, 0.2) is 71.8 Å². The molecule has 29 heavy (non-hydrogen) atoms. The van der Waals surface area contributed by atoms with E-state index in [1.807, 2.05) is 56.3 Å². The lowest BCUT2D eigenvalue weighted by Crippen LogP contribution is -2.48. The summed E-state index contributed by atoms with van der Waals surface area (Å²) < 4.78 is 0. The Balaban J connectivity index is 1.68. The van der Waals surface area contributed by atoms with Crippen LogP contribution in [0.1, 0.15) is 29.8 Å². The molecule has 2 N–H and O–H groups in total. The third-order valence-corrected chi connectivity index (χ3v) is 4.80. The van der Waals surface area contributed by atoms with Crippen molar-refractivity contribution in [3.05, 3.63) is 82.9 Å². The molecule has 148 valence electrons. The topological polar surface area (TPSA) is 70.6 Å². The van der Waals surface area contributed by atoms with E-state index in [2.05, 4.69) is 15.8 Å². The molecule has 0 aliphatic heterocycles. The van der Waals surface area contributed by atoms with Gasteiger partial charge in [0.1, 0.15) is 6.04 Å². The van der Waals surface area contributed by atoms with Gasteiger partial charge in [-0.1, -0.05) is 67.9 Å². The second-order valence-electron chi connectivity index (χ2n) is 7.00. The van der Waals surface area contributed by atoms with Crippen LogP contribution in [0.25, 0.3) is 10.8 Å². The van der Waals surface area contributed by atoms with Gasteiger partial charge < -0.3 is 5.32 Å². The fraction of sp³-hybridized carbons (Fsp3) is 0.174. The fourth-order valence-electron chi connectivity index (χ4n) is 2.96. The summed E-state index contributed by atoms with van der Waals surface area (Å²) in [5.74, 6) is -0.827. The quantitative estimate of drug-likeness (QED) is 0.469. The van der Waals surface area contributed by atoms with Crippen molar-refractivity contribution in [2.75, 3.05) is 0 Å². The minimum Gasteiger partial charge on any atom is -0.340 e. The molecule has 0 heterocycles. The number of hydrogen-bond acceptors (Lipinski definition) is 3. The Morgan fingerprint density at radius 1 is 0.966 bits per heavy atom. The van der Waals surface area contributed by atoms with Gasteiger partial charge in [-0.05, 0) is 41.0 Å². The summed E-state index contributed by atoms with van der Waals surface area (Å²) in [6.07, 6.45) is 1.61. The minimum absolute atomic E-state index is 0.112. The summed E-state index contributed by atoms with van der Waals surface area (Å²) >= 11 is 5.86. The number of hydrazone groups is 1. The van der Waals surface area contributed by atoms with Gasteiger partial charge in [0.25, 0.3) is 11.8 Å². The molecule has 0 aromatic heterocycles. The average molecular weight is 408 g/mol. The number of fused-ring (bicyclic) bond motifs is 1. The normalized spacial score (nSPS) is 12.3. The van der Waals surface area contributed by atoms with Crippen molar-refractivity contribution in [1.82, 2.24) is 10.7 Å². The maximum absolute atomic E-state index is 12.6. The molecule has 0 aliphatic carbocycles. The van der Waals surface area contributed by atoms with Gasteiger partial charge in [0.2, 0.25) is 0 Å². The monoisotopic (exact) mass is 407 g/mol. The Morgan fingerprint density at radius 2 is 1.66 bits per heavy atom. The standard InChI is InChI=1S/C23H22ClN3O2/c1-15(2)21(26-22(28)17-10-12-19(24)13-11-17)23(29)27-25-14-18-8-5-7-16-6-3-4-9-20(16)18/h3-15,21H,1-2H3,(H,26,28)(H,27,29). The van der Waals surface area contributed by atoms with Crippen LogP contribution < -0.4 is 10.7 Å². The maximum atomic E-state index is 12.6. The average Bonchev–Trinajstić information content (AvgIpc) is 2.72. The highest BCUT2D eigenvalue weighted by Crippen LogP contribution is 2.16. The molecule has 6 heteroatoms. The van der Waals surface area contributed by atoms with Crippen molar-refractivity contribution in [1.29, 1.82) is 0 Å². The van der Waals surface area contributed by atoms with E-state index < -0.39 is 6.04 Å². The molecular weight excluding hydrogens is 386 g/mol.